The fourth-order valence-electron chi connectivity index (χ4n) is 4.38. The summed E-state index contributed by atoms with van der Waals surface area (Å²) in [5.74, 6) is -0.107. The Labute approximate surface area is 158 Å². The number of nitrogens with one attached hydrogen (secondary N) is 1. The van der Waals surface area contributed by atoms with Gasteiger partial charge in [0.1, 0.15) is 0 Å². The predicted octanol–water partition coefficient (Wildman–Crippen LogP) is 1.64. The van der Waals surface area contributed by atoms with E-state index in [1.54, 1.807) is 18.2 Å². The Hall–Kier alpha value is -2.25. The third-order valence-electron chi connectivity index (χ3n) is 5.61. The van der Waals surface area contributed by atoms with Gasteiger partial charge in [-0.25, -0.2) is 5.10 Å². The smallest absolute Gasteiger partial charge is 0.274 e. The van der Waals surface area contributed by atoms with Crippen LogP contribution in [-0.2, 0) is 4.74 Å². The van der Waals surface area contributed by atoms with E-state index in [1.807, 2.05) is 11.0 Å². The van der Waals surface area contributed by atoms with Gasteiger partial charge in [0.15, 0.2) is 5.69 Å². The number of H-pyrrole nitrogens is 1. The maximum atomic E-state index is 13.0. The van der Waals surface area contributed by atoms with E-state index < -0.39 is 0 Å². The van der Waals surface area contributed by atoms with Crippen LogP contribution in [0, 0.1) is 0 Å². The van der Waals surface area contributed by atoms with Gasteiger partial charge in [0.25, 0.3) is 11.5 Å². The van der Waals surface area contributed by atoms with E-state index in [0.717, 1.165) is 25.9 Å². The second-order valence-electron chi connectivity index (χ2n) is 7.68. The SMILES string of the molecule is C[C@@H]1CN(C2CCN(C(=O)c3n[nH]c(=O)c4ccccc34)CC2)C[C@H](C)O1. The fraction of sp³-hybridized carbons (Fsp3) is 0.550. The molecule has 2 fully saturated rings. The minimum absolute atomic E-state index is 0.107. The molecular weight excluding hydrogens is 344 g/mol. The number of hydrogen-bond donors (Lipinski definition) is 1. The Morgan fingerprint density at radius 1 is 1.11 bits per heavy atom. The number of piperidine rings is 1. The second-order valence-corrected chi connectivity index (χ2v) is 7.68. The van der Waals surface area contributed by atoms with E-state index >= 15 is 0 Å². The van der Waals surface area contributed by atoms with E-state index in [9.17, 15) is 9.59 Å². The lowest BCUT2D eigenvalue weighted by molar-refractivity contribution is -0.0856. The van der Waals surface area contributed by atoms with E-state index in [-0.39, 0.29) is 23.7 Å². The summed E-state index contributed by atoms with van der Waals surface area (Å²) in [5, 5.41) is 7.63. The highest BCUT2D eigenvalue weighted by Gasteiger charge is 2.32. The van der Waals surface area contributed by atoms with Gasteiger partial charge >= 0.3 is 0 Å². The first-order chi connectivity index (χ1) is 13.0. The molecule has 0 spiro atoms. The van der Waals surface area contributed by atoms with E-state index in [4.69, 9.17) is 4.74 Å². The number of aromatic amines is 1. The third-order valence-corrected chi connectivity index (χ3v) is 5.61. The van der Waals surface area contributed by atoms with Crippen LogP contribution in [0.5, 0.6) is 0 Å². The van der Waals surface area contributed by atoms with Crippen molar-refractivity contribution in [2.24, 2.45) is 0 Å². The number of morpholine rings is 1. The lowest BCUT2D eigenvalue weighted by atomic mass is 10.0. The first-order valence-electron chi connectivity index (χ1n) is 9.69. The number of ether oxygens (including phenoxy) is 1. The first-order valence-corrected chi connectivity index (χ1v) is 9.69. The molecule has 0 unspecified atom stereocenters. The molecule has 0 saturated carbocycles. The van der Waals surface area contributed by atoms with Crippen molar-refractivity contribution in [3.05, 3.63) is 40.3 Å². The number of carbonyl (C=O) groups is 1. The number of likely N-dealkylation sites (tertiary alicyclic amines) is 1. The summed E-state index contributed by atoms with van der Waals surface area (Å²) in [6.07, 6.45) is 2.41. The van der Waals surface area contributed by atoms with Crippen LogP contribution < -0.4 is 5.56 Å². The monoisotopic (exact) mass is 370 g/mol. The highest BCUT2D eigenvalue weighted by molar-refractivity contribution is 6.04. The molecular formula is C20H26N4O3. The number of nitrogens with zero attached hydrogens (tertiary/aromatic N) is 3. The molecule has 1 amide bonds. The Kier molecular flexibility index (Phi) is 4.97. The number of fused-ring (bicyclic) bond motifs is 1. The molecule has 2 aromatic rings. The van der Waals surface area contributed by atoms with Gasteiger partial charge in [-0.05, 0) is 32.8 Å². The average molecular weight is 370 g/mol. The molecule has 0 radical (unpaired) electrons. The summed E-state index contributed by atoms with van der Waals surface area (Å²) in [6, 6.07) is 7.62. The summed E-state index contributed by atoms with van der Waals surface area (Å²) < 4.78 is 5.83. The van der Waals surface area contributed by atoms with Crippen molar-refractivity contribution in [3.8, 4) is 0 Å². The molecule has 2 aliphatic heterocycles. The quantitative estimate of drug-likeness (QED) is 0.869. The van der Waals surface area contributed by atoms with Crippen LogP contribution in [-0.4, -0.2) is 70.3 Å². The molecule has 1 aromatic carbocycles. The number of carbonyl (C=O) groups excluding carboxylic acids is 1. The molecule has 3 heterocycles. The molecule has 4 rings (SSSR count). The van der Waals surface area contributed by atoms with E-state index in [0.29, 0.717) is 35.6 Å². The van der Waals surface area contributed by atoms with Gasteiger partial charge < -0.3 is 9.64 Å². The molecule has 2 atom stereocenters. The summed E-state index contributed by atoms with van der Waals surface area (Å²) in [7, 11) is 0. The first kappa shape index (κ1) is 18.1. The zero-order chi connectivity index (χ0) is 19.0. The van der Waals surface area contributed by atoms with Crippen molar-refractivity contribution >= 4 is 16.7 Å². The Bertz CT molecular complexity index is 878. The Morgan fingerprint density at radius 2 is 1.74 bits per heavy atom. The van der Waals surface area contributed by atoms with E-state index in [2.05, 4.69) is 28.9 Å². The maximum absolute atomic E-state index is 13.0. The molecule has 2 aliphatic rings. The second kappa shape index (κ2) is 7.40. The molecule has 2 saturated heterocycles. The van der Waals surface area contributed by atoms with Crippen LogP contribution in [0.4, 0.5) is 0 Å². The van der Waals surface area contributed by atoms with Gasteiger partial charge in [-0.3, -0.25) is 14.5 Å². The van der Waals surface area contributed by atoms with Crippen molar-refractivity contribution in [3.63, 3.8) is 0 Å². The van der Waals surface area contributed by atoms with Crippen LogP contribution in [0.2, 0.25) is 0 Å². The summed E-state index contributed by atoms with van der Waals surface area (Å²) in [5.41, 5.74) is 0.0636. The Morgan fingerprint density at radius 3 is 2.41 bits per heavy atom. The topological polar surface area (TPSA) is 78.5 Å². The number of rotatable bonds is 2. The van der Waals surface area contributed by atoms with Crippen LogP contribution in [0.15, 0.2) is 29.1 Å². The number of hydrogen-bond acceptors (Lipinski definition) is 5. The molecule has 0 aliphatic carbocycles. The molecule has 7 nitrogen and oxygen atoms in total. The van der Waals surface area contributed by atoms with Crippen molar-refractivity contribution in [2.75, 3.05) is 26.2 Å². The molecule has 1 N–H and O–H groups in total. The van der Waals surface area contributed by atoms with Gasteiger partial charge in [-0.2, -0.15) is 5.10 Å². The highest BCUT2D eigenvalue weighted by Crippen LogP contribution is 2.23. The van der Waals surface area contributed by atoms with Crippen molar-refractivity contribution in [2.45, 2.75) is 44.9 Å². The Balaban J connectivity index is 1.47. The molecule has 1 aromatic heterocycles. The fourth-order valence-corrected chi connectivity index (χ4v) is 4.38. The van der Waals surface area contributed by atoms with Gasteiger partial charge in [-0.15, -0.1) is 0 Å². The predicted molar refractivity (Wildman–Crippen MR) is 103 cm³/mol. The van der Waals surface area contributed by atoms with E-state index in [1.165, 1.54) is 0 Å². The molecule has 27 heavy (non-hydrogen) atoms. The maximum Gasteiger partial charge on any atom is 0.274 e. The number of aromatic nitrogens is 2. The van der Waals surface area contributed by atoms with Gasteiger partial charge in [0, 0.05) is 37.6 Å². The normalized spacial score (nSPS) is 25.0. The van der Waals surface area contributed by atoms with Gasteiger partial charge in [-0.1, -0.05) is 18.2 Å². The third kappa shape index (κ3) is 3.61. The zero-order valence-electron chi connectivity index (χ0n) is 15.9. The van der Waals surface area contributed by atoms with Crippen molar-refractivity contribution < 1.29 is 9.53 Å². The highest BCUT2D eigenvalue weighted by atomic mass is 16.5. The lowest BCUT2D eigenvalue weighted by Crippen LogP contribution is -2.53. The van der Waals surface area contributed by atoms with Crippen LogP contribution in [0.1, 0.15) is 37.2 Å². The standard InChI is InChI=1S/C20H26N4O3/c1-13-11-24(12-14(2)27-13)15-7-9-23(10-8-15)20(26)18-16-5-3-4-6-17(16)19(25)22-21-18/h3-6,13-15H,7-12H2,1-2H3,(H,22,25)/t13-,14+. The van der Waals surface area contributed by atoms with Crippen LogP contribution in [0.25, 0.3) is 10.8 Å². The number of benzene rings is 1. The zero-order valence-corrected chi connectivity index (χ0v) is 15.9. The van der Waals surface area contributed by atoms with Crippen LogP contribution in [0.3, 0.4) is 0 Å². The lowest BCUT2D eigenvalue weighted by Gasteiger charge is -2.43. The molecule has 144 valence electrons. The van der Waals surface area contributed by atoms with Crippen molar-refractivity contribution in [1.82, 2.24) is 20.0 Å². The van der Waals surface area contributed by atoms with Gasteiger partial charge in [0.05, 0.1) is 17.6 Å². The average Bonchev–Trinajstić information content (AvgIpc) is 2.67. The van der Waals surface area contributed by atoms with Gasteiger partial charge in [0.2, 0.25) is 0 Å². The molecule has 7 heteroatoms. The number of amides is 1. The van der Waals surface area contributed by atoms with Crippen molar-refractivity contribution in [1.29, 1.82) is 0 Å². The van der Waals surface area contributed by atoms with Crippen LogP contribution >= 0.6 is 0 Å². The summed E-state index contributed by atoms with van der Waals surface area (Å²) in [4.78, 5) is 29.3. The summed E-state index contributed by atoms with van der Waals surface area (Å²) >= 11 is 0. The largest absolute Gasteiger partial charge is 0.373 e. The molecule has 0 bridgehead atoms. The summed E-state index contributed by atoms with van der Waals surface area (Å²) in [6.45, 7) is 7.56. The minimum atomic E-state index is -0.267. The minimum Gasteiger partial charge on any atom is -0.373 e.